The van der Waals surface area contributed by atoms with Crippen LogP contribution in [-0.4, -0.2) is 25.8 Å². The molecule has 0 radical (unpaired) electrons. The molecule has 4 nitrogen and oxygen atoms in total. The van der Waals surface area contributed by atoms with Crippen molar-refractivity contribution in [3.05, 3.63) is 22.2 Å². The van der Waals surface area contributed by atoms with Gasteiger partial charge in [-0.05, 0) is 38.5 Å². The number of esters is 1. The summed E-state index contributed by atoms with van der Waals surface area (Å²) in [5, 5.41) is 0. The lowest BCUT2D eigenvalue weighted by atomic mass is 10.1. The first-order chi connectivity index (χ1) is 8.97. The Morgan fingerprint density at radius 3 is 2.53 bits per heavy atom. The summed E-state index contributed by atoms with van der Waals surface area (Å²) in [5.74, 6) is 0.997. The number of carbonyl (C=O) groups is 1. The van der Waals surface area contributed by atoms with E-state index in [2.05, 4.69) is 15.9 Å². The Hall–Kier alpha value is -1.23. The zero-order valence-corrected chi connectivity index (χ0v) is 13.2. The average molecular weight is 331 g/mol. The molecule has 0 aliphatic heterocycles. The normalized spacial score (nSPS) is 10.4. The lowest BCUT2D eigenvalue weighted by Gasteiger charge is -2.16. The third-order valence-electron chi connectivity index (χ3n) is 2.34. The molecule has 0 aliphatic rings. The van der Waals surface area contributed by atoms with Gasteiger partial charge in [-0.25, -0.2) is 0 Å². The molecule has 1 rings (SSSR count). The van der Waals surface area contributed by atoms with E-state index in [9.17, 15) is 4.79 Å². The van der Waals surface area contributed by atoms with Gasteiger partial charge in [-0.2, -0.15) is 0 Å². The van der Waals surface area contributed by atoms with Crippen molar-refractivity contribution in [2.24, 2.45) is 0 Å². The highest BCUT2D eigenvalue weighted by Crippen LogP contribution is 2.34. The third-order valence-corrected chi connectivity index (χ3v) is 3.07. The lowest BCUT2D eigenvalue weighted by Crippen LogP contribution is -2.10. The van der Waals surface area contributed by atoms with Crippen LogP contribution < -0.4 is 9.47 Å². The van der Waals surface area contributed by atoms with Crippen LogP contribution in [0.4, 0.5) is 0 Å². The van der Waals surface area contributed by atoms with Crippen molar-refractivity contribution in [3.8, 4) is 11.5 Å². The molecule has 0 spiro atoms. The molecule has 0 aromatic heterocycles. The standard InChI is InChI=1S/C14H19BrO4/c1-5-18-14(16)7-10-6-13(19-9(2)3)12(17-4)8-11(10)15/h6,8-9H,5,7H2,1-4H3. The third kappa shape index (κ3) is 4.74. The van der Waals surface area contributed by atoms with Crippen LogP contribution in [0.1, 0.15) is 26.3 Å². The Balaban J connectivity index is 3.01. The quantitative estimate of drug-likeness (QED) is 0.750. The van der Waals surface area contributed by atoms with E-state index in [1.807, 2.05) is 13.8 Å². The van der Waals surface area contributed by atoms with E-state index < -0.39 is 0 Å². The number of halogens is 1. The van der Waals surface area contributed by atoms with Crippen molar-refractivity contribution in [1.29, 1.82) is 0 Å². The number of carbonyl (C=O) groups excluding carboxylic acids is 1. The summed E-state index contributed by atoms with van der Waals surface area (Å²) in [7, 11) is 1.58. The van der Waals surface area contributed by atoms with Crippen LogP contribution in [-0.2, 0) is 16.0 Å². The van der Waals surface area contributed by atoms with Gasteiger partial charge in [-0.3, -0.25) is 4.79 Å². The first kappa shape index (κ1) is 15.8. The second kappa shape index (κ2) is 7.38. The topological polar surface area (TPSA) is 44.8 Å². The molecule has 0 fully saturated rings. The number of benzene rings is 1. The molecule has 0 heterocycles. The maximum absolute atomic E-state index is 11.5. The van der Waals surface area contributed by atoms with E-state index in [-0.39, 0.29) is 18.5 Å². The minimum Gasteiger partial charge on any atom is -0.493 e. The molecular formula is C14H19BrO4. The Bertz CT molecular complexity index is 443. The van der Waals surface area contributed by atoms with E-state index in [1.165, 1.54) is 0 Å². The number of methoxy groups -OCH3 is 1. The Labute approximate surface area is 122 Å². The van der Waals surface area contributed by atoms with E-state index in [0.29, 0.717) is 18.1 Å². The maximum atomic E-state index is 11.5. The highest BCUT2D eigenvalue weighted by atomic mass is 79.9. The fraction of sp³-hybridized carbons (Fsp3) is 0.500. The van der Waals surface area contributed by atoms with Gasteiger partial charge in [-0.15, -0.1) is 0 Å². The Morgan fingerprint density at radius 1 is 1.32 bits per heavy atom. The number of ether oxygens (including phenoxy) is 3. The molecule has 1 aromatic rings. The highest BCUT2D eigenvalue weighted by molar-refractivity contribution is 9.10. The summed E-state index contributed by atoms with van der Waals surface area (Å²) >= 11 is 3.42. The zero-order chi connectivity index (χ0) is 14.4. The molecule has 5 heteroatoms. The molecule has 1 aromatic carbocycles. The molecular weight excluding hydrogens is 312 g/mol. The first-order valence-electron chi connectivity index (χ1n) is 6.16. The Kier molecular flexibility index (Phi) is 6.15. The van der Waals surface area contributed by atoms with Gasteiger partial charge in [0.25, 0.3) is 0 Å². The Morgan fingerprint density at radius 2 is 2.00 bits per heavy atom. The molecule has 0 N–H and O–H groups in total. The van der Waals surface area contributed by atoms with E-state index in [0.717, 1.165) is 10.0 Å². The van der Waals surface area contributed by atoms with Crippen LogP contribution in [0.25, 0.3) is 0 Å². The largest absolute Gasteiger partial charge is 0.493 e. The second-order valence-electron chi connectivity index (χ2n) is 4.24. The van der Waals surface area contributed by atoms with Crippen molar-refractivity contribution in [2.45, 2.75) is 33.3 Å². The van der Waals surface area contributed by atoms with Crippen LogP contribution in [0.15, 0.2) is 16.6 Å². The van der Waals surface area contributed by atoms with Crippen molar-refractivity contribution >= 4 is 21.9 Å². The second-order valence-corrected chi connectivity index (χ2v) is 5.10. The maximum Gasteiger partial charge on any atom is 0.310 e. The van der Waals surface area contributed by atoms with Crippen LogP contribution >= 0.6 is 15.9 Å². The molecule has 0 saturated heterocycles. The molecule has 19 heavy (non-hydrogen) atoms. The van der Waals surface area contributed by atoms with Gasteiger partial charge in [0.15, 0.2) is 11.5 Å². The first-order valence-corrected chi connectivity index (χ1v) is 6.95. The fourth-order valence-corrected chi connectivity index (χ4v) is 2.05. The van der Waals surface area contributed by atoms with Crippen LogP contribution in [0.3, 0.4) is 0 Å². The van der Waals surface area contributed by atoms with Crippen molar-refractivity contribution < 1.29 is 19.0 Å². The number of hydrogen-bond acceptors (Lipinski definition) is 4. The zero-order valence-electron chi connectivity index (χ0n) is 11.7. The van der Waals surface area contributed by atoms with Gasteiger partial charge in [-0.1, -0.05) is 15.9 Å². The van der Waals surface area contributed by atoms with Gasteiger partial charge in [0.1, 0.15) is 0 Å². The van der Waals surface area contributed by atoms with Gasteiger partial charge < -0.3 is 14.2 Å². The van der Waals surface area contributed by atoms with Crippen LogP contribution in [0.2, 0.25) is 0 Å². The summed E-state index contributed by atoms with van der Waals surface area (Å²) in [5.41, 5.74) is 0.815. The monoisotopic (exact) mass is 330 g/mol. The van der Waals surface area contributed by atoms with Crippen LogP contribution in [0, 0.1) is 0 Å². The summed E-state index contributed by atoms with van der Waals surface area (Å²) < 4.78 is 16.7. The van der Waals surface area contributed by atoms with Gasteiger partial charge in [0.2, 0.25) is 0 Å². The highest BCUT2D eigenvalue weighted by Gasteiger charge is 2.14. The minimum absolute atomic E-state index is 0.0329. The fourth-order valence-electron chi connectivity index (χ4n) is 1.59. The molecule has 0 unspecified atom stereocenters. The average Bonchev–Trinajstić information content (AvgIpc) is 2.32. The molecule has 0 atom stereocenters. The minimum atomic E-state index is -0.260. The van der Waals surface area contributed by atoms with Crippen molar-refractivity contribution in [2.75, 3.05) is 13.7 Å². The van der Waals surface area contributed by atoms with Crippen LogP contribution in [0.5, 0.6) is 11.5 Å². The molecule has 0 aliphatic carbocycles. The van der Waals surface area contributed by atoms with Gasteiger partial charge >= 0.3 is 5.97 Å². The van der Waals surface area contributed by atoms with E-state index >= 15 is 0 Å². The summed E-state index contributed by atoms with van der Waals surface area (Å²) in [6.45, 7) is 6.04. The van der Waals surface area contributed by atoms with Crippen molar-refractivity contribution in [1.82, 2.24) is 0 Å². The lowest BCUT2D eigenvalue weighted by molar-refractivity contribution is -0.142. The predicted octanol–water partition coefficient (Wildman–Crippen LogP) is 3.35. The molecule has 0 bridgehead atoms. The van der Waals surface area contributed by atoms with Gasteiger partial charge in [0.05, 0.1) is 26.2 Å². The SMILES string of the molecule is CCOC(=O)Cc1cc(OC(C)C)c(OC)cc1Br. The van der Waals surface area contributed by atoms with E-state index in [1.54, 1.807) is 26.2 Å². The summed E-state index contributed by atoms with van der Waals surface area (Å²) in [4.78, 5) is 11.5. The summed E-state index contributed by atoms with van der Waals surface area (Å²) in [6, 6.07) is 3.60. The van der Waals surface area contributed by atoms with E-state index in [4.69, 9.17) is 14.2 Å². The smallest absolute Gasteiger partial charge is 0.310 e. The number of hydrogen-bond donors (Lipinski definition) is 0. The summed E-state index contributed by atoms with van der Waals surface area (Å²) in [6.07, 6.45) is 0.234. The van der Waals surface area contributed by atoms with Gasteiger partial charge in [0, 0.05) is 4.47 Å². The predicted molar refractivity (Wildman–Crippen MR) is 76.8 cm³/mol. The van der Waals surface area contributed by atoms with Crippen molar-refractivity contribution in [3.63, 3.8) is 0 Å². The number of rotatable bonds is 6. The molecule has 106 valence electrons. The molecule has 0 amide bonds. The molecule has 0 saturated carbocycles.